The molecule has 0 spiro atoms. The minimum atomic E-state index is -0.139. The SMILES string of the molecule is CCN(C)C(C)c1nc(COc2cccc(OC)c2)nn1C(C)(C)C. The van der Waals surface area contributed by atoms with Gasteiger partial charge < -0.3 is 9.47 Å². The summed E-state index contributed by atoms with van der Waals surface area (Å²) in [5.74, 6) is 3.15. The van der Waals surface area contributed by atoms with Crippen molar-refractivity contribution in [3.63, 3.8) is 0 Å². The molecular weight excluding hydrogens is 316 g/mol. The molecule has 0 aliphatic carbocycles. The lowest BCUT2D eigenvalue weighted by atomic mass is 10.1. The minimum Gasteiger partial charge on any atom is -0.497 e. The van der Waals surface area contributed by atoms with E-state index in [1.807, 2.05) is 28.9 Å². The van der Waals surface area contributed by atoms with E-state index < -0.39 is 0 Å². The van der Waals surface area contributed by atoms with Crippen LogP contribution >= 0.6 is 0 Å². The van der Waals surface area contributed by atoms with Gasteiger partial charge in [0, 0.05) is 6.07 Å². The van der Waals surface area contributed by atoms with Gasteiger partial charge in [-0.3, -0.25) is 4.90 Å². The van der Waals surface area contributed by atoms with Crippen molar-refractivity contribution in [2.24, 2.45) is 0 Å². The van der Waals surface area contributed by atoms with Crippen molar-refractivity contribution in [3.8, 4) is 11.5 Å². The standard InChI is InChI=1S/C19H30N4O2/c1-8-22(6)14(2)18-20-17(21-23(18)19(3,4)5)13-25-16-11-9-10-15(12-16)24-7/h9-12,14H,8,13H2,1-7H3. The van der Waals surface area contributed by atoms with E-state index in [1.165, 1.54) is 0 Å². The van der Waals surface area contributed by atoms with Crippen molar-refractivity contribution in [1.82, 2.24) is 19.7 Å². The summed E-state index contributed by atoms with van der Waals surface area (Å²) in [5, 5.41) is 4.70. The van der Waals surface area contributed by atoms with Crippen molar-refractivity contribution in [2.45, 2.75) is 52.8 Å². The van der Waals surface area contributed by atoms with E-state index in [-0.39, 0.29) is 11.6 Å². The quantitative estimate of drug-likeness (QED) is 0.766. The summed E-state index contributed by atoms with van der Waals surface area (Å²) in [4.78, 5) is 7.01. The third-order valence-corrected chi connectivity index (χ3v) is 4.25. The molecule has 1 aromatic heterocycles. The molecule has 0 radical (unpaired) electrons. The van der Waals surface area contributed by atoms with Crippen molar-refractivity contribution < 1.29 is 9.47 Å². The van der Waals surface area contributed by atoms with Crippen LogP contribution in [0.3, 0.4) is 0 Å². The van der Waals surface area contributed by atoms with Gasteiger partial charge in [-0.25, -0.2) is 9.67 Å². The predicted molar refractivity (Wildman–Crippen MR) is 99.1 cm³/mol. The van der Waals surface area contributed by atoms with Crippen LogP contribution in [0.1, 0.15) is 52.3 Å². The summed E-state index contributed by atoms with van der Waals surface area (Å²) in [5.41, 5.74) is -0.139. The van der Waals surface area contributed by atoms with Crippen LogP contribution in [0.15, 0.2) is 24.3 Å². The van der Waals surface area contributed by atoms with Crippen molar-refractivity contribution >= 4 is 0 Å². The molecule has 0 N–H and O–H groups in total. The molecule has 0 aliphatic heterocycles. The van der Waals surface area contributed by atoms with Crippen LogP contribution in [0.2, 0.25) is 0 Å². The van der Waals surface area contributed by atoms with E-state index in [1.54, 1.807) is 7.11 Å². The third-order valence-electron chi connectivity index (χ3n) is 4.25. The largest absolute Gasteiger partial charge is 0.497 e. The Hall–Kier alpha value is -2.08. The van der Waals surface area contributed by atoms with Gasteiger partial charge in [0.25, 0.3) is 0 Å². The highest BCUT2D eigenvalue weighted by Gasteiger charge is 2.26. The predicted octanol–water partition coefficient (Wildman–Crippen LogP) is 3.63. The Kier molecular flexibility index (Phi) is 6.06. The highest BCUT2D eigenvalue weighted by atomic mass is 16.5. The molecule has 25 heavy (non-hydrogen) atoms. The average molecular weight is 346 g/mol. The number of aromatic nitrogens is 3. The van der Waals surface area contributed by atoms with Gasteiger partial charge in [-0.1, -0.05) is 13.0 Å². The van der Waals surface area contributed by atoms with Crippen LogP contribution in [0.25, 0.3) is 0 Å². The average Bonchev–Trinajstić information content (AvgIpc) is 3.03. The maximum atomic E-state index is 5.85. The van der Waals surface area contributed by atoms with Gasteiger partial charge in [-0.2, -0.15) is 5.10 Å². The van der Waals surface area contributed by atoms with E-state index >= 15 is 0 Å². The molecule has 6 nitrogen and oxygen atoms in total. The van der Waals surface area contributed by atoms with Crippen molar-refractivity contribution in [1.29, 1.82) is 0 Å². The number of rotatable bonds is 7. The number of hydrogen-bond acceptors (Lipinski definition) is 5. The lowest BCUT2D eigenvalue weighted by Crippen LogP contribution is -2.31. The summed E-state index contributed by atoms with van der Waals surface area (Å²) in [6.45, 7) is 12.0. The van der Waals surface area contributed by atoms with E-state index in [2.05, 4.69) is 46.6 Å². The summed E-state index contributed by atoms with van der Waals surface area (Å²) in [7, 11) is 3.74. The maximum absolute atomic E-state index is 5.85. The molecule has 0 fully saturated rings. The van der Waals surface area contributed by atoms with Gasteiger partial charge in [0.2, 0.25) is 0 Å². The number of hydrogen-bond donors (Lipinski definition) is 0. The number of methoxy groups -OCH3 is 1. The number of ether oxygens (including phenoxy) is 2. The topological polar surface area (TPSA) is 52.4 Å². The first-order valence-electron chi connectivity index (χ1n) is 8.69. The van der Waals surface area contributed by atoms with Gasteiger partial charge in [0.15, 0.2) is 5.82 Å². The molecule has 138 valence electrons. The molecule has 1 aromatic carbocycles. The van der Waals surface area contributed by atoms with Crippen LogP contribution in [-0.2, 0) is 12.1 Å². The van der Waals surface area contributed by atoms with Crippen LogP contribution < -0.4 is 9.47 Å². The van der Waals surface area contributed by atoms with E-state index in [4.69, 9.17) is 19.6 Å². The molecular formula is C19H30N4O2. The van der Waals surface area contributed by atoms with Gasteiger partial charge in [-0.05, 0) is 53.4 Å². The maximum Gasteiger partial charge on any atom is 0.188 e. The molecule has 1 heterocycles. The molecule has 6 heteroatoms. The van der Waals surface area contributed by atoms with Crippen LogP contribution in [0.4, 0.5) is 0 Å². The molecule has 0 bridgehead atoms. The molecule has 0 saturated carbocycles. The first-order chi connectivity index (χ1) is 11.8. The molecule has 1 atom stereocenters. The zero-order valence-corrected chi connectivity index (χ0v) is 16.4. The Balaban J connectivity index is 2.22. The first kappa shape index (κ1) is 19.2. The van der Waals surface area contributed by atoms with E-state index in [9.17, 15) is 0 Å². The normalized spacial score (nSPS) is 13.1. The Labute approximate surface area is 150 Å². The van der Waals surface area contributed by atoms with Crippen LogP contribution in [0.5, 0.6) is 11.5 Å². The molecule has 2 aromatic rings. The Morgan fingerprint density at radius 3 is 2.52 bits per heavy atom. The second kappa shape index (κ2) is 7.87. The fourth-order valence-corrected chi connectivity index (χ4v) is 2.50. The smallest absolute Gasteiger partial charge is 0.188 e. The van der Waals surface area contributed by atoms with E-state index in [0.29, 0.717) is 12.4 Å². The summed E-state index contributed by atoms with van der Waals surface area (Å²) < 4.78 is 13.1. The molecule has 0 saturated heterocycles. The zero-order chi connectivity index (χ0) is 18.6. The lowest BCUT2D eigenvalue weighted by Gasteiger charge is -2.27. The summed E-state index contributed by atoms with van der Waals surface area (Å²) in [6.07, 6.45) is 0. The monoisotopic (exact) mass is 346 g/mol. The van der Waals surface area contributed by atoms with Crippen molar-refractivity contribution in [3.05, 3.63) is 35.9 Å². The van der Waals surface area contributed by atoms with Crippen LogP contribution in [-0.4, -0.2) is 40.4 Å². The third kappa shape index (κ3) is 4.72. The highest BCUT2D eigenvalue weighted by molar-refractivity contribution is 5.32. The molecule has 2 rings (SSSR count). The Bertz CT molecular complexity index is 691. The molecule has 1 unspecified atom stereocenters. The van der Waals surface area contributed by atoms with Gasteiger partial charge in [0.1, 0.15) is 23.9 Å². The number of benzene rings is 1. The summed E-state index contributed by atoms with van der Waals surface area (Å²) in [6, 6.07) is 7.73. The minimum absolute atomic E-state index is 0.139. The van der Waals surface area contributed by atoms with Crippen LogP contribution in [0, 0.1) is 0 Å². The van der Waals surface area contributed by atoms with E-state index in [0.717, 1.165) is 23.9 Å². The Morgan fingerprint density at radius 1 is 1.24 bits per heavy atom. The zero-order valence-electron chi connectivity index (χ0n) is 16.4. The molecule has 0 aliphatic rings. The van der Waals surface area contributed by atoms with Gasteiger partial charge >= 0.3 is 0 Å². The first-order valence-corrected chi connectivity index (χ1v) is 8.69. The van der Waals surface area contributed by atoms with Gasteiger partial charge in [0.05, 0.1) is 18.7 Å². The van der Waals surface area contributed by atoms with Crippen molar-refractivity contribution in [2.75, 3.05) is 20.7 Å². The highest BCUT2D eigenvalue weighted by Crippen LogP contribution is 2.24. The van der Waals surface area contributed by atoms with Gasteiger partial charge in [-0.15, -0.1) is 0 Å². The lowest BCUT2D eigenvalue weighted by molar-refractivity contribution is 0.236. The summed E-state index contributed by atoms with van der Waals surface area (Å²) >= 11 is 0. The number of nitrogens with zero attached hydrogens (tertiary/aromatic N) is 4. The Morgan fingerprint density at radius 2 is 1.92 bits per heavy atom. The fourth-order valence-electron chi connectivity index (χ4n) is 2.50. The fraction of sp³-hybridized carbons (Fsp3) is 0.579. The molecule has 0 amide bonds. The second-order valence-corrected chi connectivity index (χ2v) is 7.19. The second-order valence-electron chi connectivity index (χ2n) is 7.19.